The van der Waals surface area contributed by atoms with Gasteiger partial charge in [0.05, 0.1) is 24.4 Å². The highest BCUT2D eigenvalue weighted by Crippen LogP contribution is 2.59. The monoisotopic (exact) mass is 616 g/mol. The minimum absolute atomic E-state index is 0.0305. The Morgan fingerprint density at radius 3 is 2.58 bits per heavy atom. The van der Waals surface area contributed by atoms with E-state index in [1.165, 1.54) is 5.57 Å². The van der Waals surface area contributed by atoms with Crippen molar-refractivity contribution >= 4 is 11.8 Å². The average Bonchev–Trinajstić information content (AvgIpc) is 3.61. The number of hydrogen-bond donors (Lipinski definition) is 3. The number of amides is 2. The van der Waals surface area contributed by atoms with Crippen molar-refractivity contribution in [2.75, 3.05) is 19.7 Å². The second-order valence-electron chi connectivity index (χ2n) is 14.3. The van der Waals surface area contributed by atoms with Crippen LogP contribution < -0.4 is 5.32 Å². The minimum atomic E-state index is -1.18. The van der Waals surface area contributed by atoms with Gasteiger partial charge in [0.25, 0.3) is 0 Å². The standard InChI is InChI=1S/C38H52N2O5/c1-26(2)39-36(43)40(24-31-13-9-21-45-31)25-38(44)20-18-34-32-17-15-28(23-33(32)35(42)29-11-6-5-7-12-29)22-30(41)16-14-27(3)10-8-19-37(34,38)4/h5-7,10-12,15,17,23,26,30-31,34,41,44H,8-9,13-14,16,18-22,24-25H2,1-4H3,(H,39,43). The SMILES string of the molecule is CC1=CCCC2(C)C(CCC2(O)CN(CC2CCCO2)C(=O)NC(C)C)c2ccc(cc2C(=O)c2ccccc2)CC(O)CC1. The number of carbonyl (C=O) groups is 2. The molecule has 1 aliphatic heterocycles. The van der Waals surface area contributed by atoms with Crippen molar-refractivity contribution in [2.45, 2.75) is 115 Å². The molecule has 5 atom stereocenters. The highest BCUT2D eigenvalue weighted by atomic mass is 16.5. The average molecular weight is 617 g/mol. The number of urea groups is 1. The Hall–Kier alpha value is -3.00. The van der Waals surface area contributed by atoms with E-state index in [0.29, 0.717) is 56.4 Å². The smallest absolute Gasteiger partial charge is 0.317 e. The number of rotatable bonds is 7. The molecule has 0 spiro atoms. The van der Waals surface area contributed by atoms with Crippen LogP contribution in [0.1, 0.15) is 112 Å². The number of fused-ring (bicyclic) bond motifs is 8. The third-order valence-corrected chi connectivity index (χ3v) is 10.6. The molecule has 2 fully saturated rings. The van der Waals surface area contributed by atoms with Gasteiger partial charge in [-0.05, 0) is 102 Å². The highest BCUT2D eigenvalue weighted by molar-refractivity contribution is 6.10. The van der Waals surface area contributed by atoms with Crippen molar-refractivity contribution in [3.8, 4) is 0 Å². The van der Waals surface area contributed by atoms with Crippen LogP contribution in [-0.2, 0) is 11.2 Å². The van der Waals surface area contributed by atoms with Gasteiger partial charge in [-0.25, -0.2) is 4.79 Å². The van der Waals surface area contributed by atoms with Gasteiger partial charge in [-0.1, -0.05) is 61.0 Å². The highest BCUT2D eigenvalue weighted by Gasteiger charge is 2.57. The van der Waals surface area contributed by atoms with Crippen LogP contribution in [0.2, 0.25) is 0 Å². The molecule has 1 saturated carbocycles. The van der Waals surface area contributed by atoms with Crippen molar-refractivity contribution < 1.29 is 24.5 Å². The van der Waals surface area contributed by atoms with Gasteiger partial charge >= 0.3 is 6.03 Å². The fourth-order valence-corrected chi connectivity index (χ4v) is 7.85. The minimum Gasteiger partial charge on any atom is -0.393 e. The normalized spacial score (nSPS) is 28.8. The molecule has 2 bridgehead atoms. The molecule has 4 aliphatic rings. The number of nitrogens with one attached hydrogen (secondary N) is 1. The van der Waals surface area contributed by atoms with Crippen molar-refractivity contribution in [1.82, 2.24) is 10.2 Å². The van der Waals surface area contributed by atoms with Gasteiger partial charge in [-0.2, -0.15) is 0 Å². The van der Waals surface area contributed by atoms with E-state index in [1.807, 2.05) is 56.3 Å². The molecular formula is C38H52N2O5. The number of benzene rings is 2. The number of ether oxygens (including phenoxy) is 1. The third-order valence-electron chi connectivity index (χ3n) is 10.6. The van der Waals surface area contributed by atoms with Gasteiger partial charge in [0, 0.05) is 35.7 Å². The lowest BCUT2D eigenvalue weighted by Gasteiger charge is -2.46. The second-order valence-corrected chi connectivity index (χ2v) is 14.3. The van der Waals surface area contributed by atoms with Crippen LogP contribution >= 0.6 is 0 Å². The zero-order chi connectivity index (χ0) is 32.2. The van der Waals surface area contributed by atoms with E-state index < -0.39 is 17.1 Å². The molecule has 244 valence electrons. The molecule has 0 radical (unpaired) electrons. The third kappa shape index (κ3) is 7.53. The number of carbonyl (C=O) groups excluding carboxylic acids is 2. The van der Waals surface area contributed by atoms with Crippen molar-refractivity contribution in [3.05, 3.63) is 82.4 Å². The fraction of sp³-hybridized carbons (Fsp3) is 0.579. The molecule has 2 aromatic rings. The summed E-state index contributed by atoms with van der Waals surface area (Å²) in [5.41, 5.74) is 2.59. The summed E-state index contributed by atoms with van der Waals surface area (Å²) in [4.78, 5) is 29.5. The quantitative estimate of drug-likeness (QED) is 0.242. The van der Waals surface area contributed by atoms with Crippen LogP contribution in [0.5, 0.6) is 0 Å². The molecular weight excluding hydrogens is 564 g/mol. The first kappa shape index (κ1) is 33.4. The maximum Gasteiger partial charge on any atom is 0.317 e. The lowest BCUT2D eigenvalue weighted by Crippen LogP contribution is -2.57. The van der Waals surface area contributed by atoms with E-state index in [2.05, 4.69) is 31.3 Å². The molecule has 2 amide bonds. The molecule has 3 N–H and O–H groups in total. The van der Waals surface area contributed by atoms with Crippen molar-refractivity contribution in [2.24, 2.45) is 5.41 Å². The first-order chi connectivity index (χ1) is 21.5. The summed E-state index contributed by atoms with van der Waals surface area (Å²) >= 11 is 0. The summed E-state index contributed by atoms with van der Waals surface area (Å²) in [6.07, 6.45) is 8.22. The Morgan fingerprint density at radius 2 is 1.87 bits per heavy atom. The molecule has 5 unspecified atom stereocenters. The number of aliphatic hydroxyl groups is 2. The zero-order valence-electron chi connectivity index (χ0n) is 27.6. The molecule has 45 heavy (non-hydrogen) atoms. The number of aliphatic hydroxyl groups excluding tert-OH is 1. The summed E-state index contributed by atoms with van der Waals surface area (Å²) in [5, 5.41) is 26.7. The van der Waals surface area contributed by atoms with Crippen molar-refractivity contribution in [3.63, 3.8) is 0 Å². The van der Waals surface area contributed by atoms with Crippen LogP contribution in [0, 0.1) is 5.41 Å². The van der Waals surface area contributed by atoms with E-state index in [9.17, 15) is 19.8 Å². The van der Waals surface area contributed by atoms with Crippen LogP contribution in [0.25, 0.3) is 0 Å². The van der Waals surface area contributed by atoms with Gasteiger partial charge in [-0.3, -0.25) is 4.79 Å². The zero-order valence-corrected chi connectivity index (χ0v) is 27.6. The summed E-state index contributed by atoms with van der Waals surface area (Å²) in [6, 6.07) is 15.2. The molecule has 7 nitrogen and oxygen atoms in total. The predicted molar refractivity (Wildman–Crippen MR) is 177 cm³/mol. The molecule has 7 heteroatoms. The van der Waals surface area contributed by atoms with Gasteiger partial charge in [0.1, 0.15) is 0 Å². The number of ketones is 1. The van der Waals surface area contributed by atoms with Gasteiger partial charge in [0.2, 0.25) is 0 Å². The van der Waals surface area contributed by atoms with Crippen molar-refractivity contribution in [1.29, 1.82) is 0 Å². The summed E-state index contributed by atoms with van der Waals surface area (Å²) in [7, 11) is 0. The van der Waals surface area contributed by atoms with E-state index >= 15 is 0 Å². The summed E-state index contributed by atoms with van der Waals surface area (Å²) in [5.74, 6) is -0.141. The van der Waals surface area contributed by atoms with Gasteiger partial charge in [-0.15, -0.1) is 0 Å². The van der Waals surface area contributed by atoms with E-state index in [0.717, 1.165) is 36.8 Å². The van der Waals surface area contributed by atoms with Crippen LogP contribution in [0.4, 0.5) is 4.79 Å². The number of allylic oxidation sites excluding steroid dienone is 2. The van der Waals surface area contributed by atoms with E-state index in [-0.39, 0.29) is 36.4 Å². The van der Waals surface area contributed by atoms with Crippen LogP contribution in [-0.4, -0.2) is 70.5 Å². The Labute approximate surface area is 269 Å². The van der Waals surface area contributed by atoms with E-state index in [4.69, 9.17) is 4.74 Å². The lowest BCUT2D eigenvalue weighted by molar-refractivity contribution is -0.0808. The molecule has 1 heterocycles. The number of nitrogens with zero attached hydrogens (tertiary/aromatic N) is 1. The topological polar surface area (TPSA) is 99.1 Å². The van der Waals surface area contributed by atoms with Gasteiger partial charge < -0.3 is 25.2 Å². The molecule has 2 aromatic carbocycles. The first-order valence-corrected chi connectivity index (χ1v) is 16.9. The molecule has 6 rings (SSSR count). The van der Waals surface area contributed by atoms with E-state index in [1.54, 1.807) is 4.90 Å². The Balaban J connectivity index is 1.57. The Bertz CT molecular complexity index is 1370. The number of hydrogen-bond acceptors (Lipinski definition) is 5. The Morgan fingerprint density at radius 1 is 1.09 bits per heavy atom. The largest absolute Gasteiger partial charge is 0.393 e. The molecule has 3 aliphatic carbocycles. The van der Waals surface area contributed by atoms with Gasteiger partial charge in [0.15, 0.2) is 5.78 Å². The predicted octanol–water partition coefficient (Wildman–Crippen LogP) is 6.56. The van der Waals surface area contributed by atoms with Crippen LogP contribution in [0.3, 0.4) is 0 Å². The fourth-order valence-electron chi connectivity index (χ4n) is 7.85. The first-order valence-electron chi connectivity index (χ1n) is 16.9. The molecule has 0 aromatic heterocycles. The maximum atomic E-state index is 14.1. The molecule has 1 saturated heterocycles. The summed E-state index contributed by atoms with van der Waals surface area (Å²) < 4.78 is 5.93. The second kappa shape index (κ2) is 14.2. The van der Waals surface area contributed by atoms with Crippen LogP contribution in [0.15, 0.2) is 60.2 Å². The Kier molecular flexibility index (Phi) is 10.5. The lowest BCUT2D eigenvalue weighted by atomic mass is 9.64. The maximum absolute atomic E-state index is 14.1. The summed E-state index contributed by atoms with van der Waals surface area (Å²) in [6.45, 7) is 9.52.